The van der Waals surface area contributed by atoms with E-state index in [9.17, 15) is 14.7 Å². The number of nitrogens with zero attached hydrogens (tertiary/aromatic N) is 2. The van der Waals surface area contributed by atoms with Gasteiger partial charge in [0, 0.05) is 32.1 Å². The van der Waals surface area contributed by atoms with Crippen LogP contribution in [0.2, 0.25) is 0 Å². The van der Waals surface area contributed by atoms with Crippen LogP contribution < -0.4 is 0 Å². The highest BCUT2D eigenvalue weighted by Gasteiger charge is 2.56. The zero-order valence-electron chi connectivity index (χ0n) is 15.4. The molecule has 5 heteroatoms. The predicted molar refractivity (Wildman–Crippen MR) is 96.5 cm³/mol. The Balaban J connectivity index is 1.98. The number of piperidine rings is 1. The molecule has 2 heterocycles. The van der Waals surface area contributed by atoms with Gasteiger partial charge in [0.05, 0.1) is 5.41 Å². The number of carbonyl (C=O) groups is 2. The van der Waals surface area contributed by atoms with Gasteiger partial charge >= 0.3 is 6.09 Å². The second-order valence-corrected chi connectivity index (χ2v) is 8.67. The van der Waals surface area contributed by atoms with E-state index in [2.05, 4.69) is 32.9 Å². The minimum Gasteiger partial charge on any atom is -0.465 e. The average Bonchev–Trinajstić information content (AvgIpc) is 2.80. The SMILES string of the molecule is CC(C)(C)CN1C[C@H](c2ccccc2)[C@]2(CCCN(C(=O)O)C2)C1=O. The van der Waals surface area contributed by atoms with Crippen molar-refractivity contribution in [2.45, 2.75) is 39.5 Å². The summed E-state index contributed by atoms with van der Waals surface area (Å²) in [6, 6.07) is 10.1. The van der Waals surface area contributed by atoms with Gasteiger partial charge in [0.15, 0.2) is 0 Å². The molecule has 0 unspecified atom stereocenters. The Bertz CT molecular complexity index is 653. The van der Waals surface area contributed by atoms with Crippen LogP contribution in [-0.2, 0) is 4.79 Å². The first kappa shape index (κ1) is 17.8. The van der Waals surface area contributed by atoms with Gasteiger partial charge in [0.1, 0.15) is 0 Å². The predicted octanol–water partition coefficient (Wildman–Crippen LogP) is 3.42. The van der Waals surface area contributed by atoms with Crippen LogP contribution in [0.5, 0.6) is 0 Å². The van der Waals surface area contributed by atoms with Gasteiger partial charge in [-0.1, -0.05) is 51.1 Å². The largest absolute Gasteiger partial charge is 0.465 e. The molecular weight excluding hydrogens is 316 g/mol. The molecule has 2 aliphatic heterocycles. The highest BCUT2D eigenvalue weighted by atomic mass is 16.4. The number of likely N-dealkylation sites (tertiary alicyclic amines) is 2. The summed E-state index contributed by atoms with van der Waals surface area (Å²) in [5.74, 6) is 0.174. The number of carboxylic acid groups (broad SMARTS) is 1. The molecule has 1 aromatic carbocycles. The first-order chi connectivity index (χ1) is 11.7. The van der Waals surface area contributed by atoms with E-state index in [-0.39, 0.29) is 17.2 Å². The van der Waals surface area contributed by atoms with Crippen molar-refractivity contribution in [3.8, 4) is 0 Å². The van der Waals surface area contributed by atoms with Crippen molar-refractivity contribution in [3.05, 3.63) is 35.9 Å². The summed E-state index contributed by atoms with van der Waals surface area (Å²) in [5.41, 5.74) is 0.534. The van der Waals surface area contributed by atoms with E-state index >= 15 is 0 Å². The lowest BCUT2D eigenvalue weighted by atomic mass is 9.69. The van der Waals surface area contributed by atoms with Crippen molar-refractivity contribution in [1.82, 2.24) is 9.80 Å². The summed E-state index contributed by atoms with van der Waals surface area (Å²) in [7, 11) is 0. The van der Waals surface area contributed by atoms with Crippen LogP contribution in [0.4, 0.5) is 4.79 Å². The van der Waals surface area contributed by atoms with Gasteiger partial charge in [-0.2, -0.15) is 0 Å². The van der Waals surface area contributed by atoms with Crippen LogP contribution in [-0.4, -0.2) is 53.1 Å². The second kappa shape index (κ2) is 6.36. The summed E-state index contributed by atoms with van der Waals surface area (Å²) < 4.78 is 0. The molecule has 0 bridgehead atoms. The molecule has 0 aliphatic carbocycles. The van der Waals surface area contributed by atoms with Crippen molar-refractivity contribution in [2.24, 2.45) is 10.8 Å². The maximum absolute atomic E-state index is 13.4. The van der Waals surface area contributed by atoms with Crippen molar-refractivity contribution < 1.29 is 14.7 Å². The first-order valence-corrected chi connectivity index (χ1v) is 9.05. The fourth-order valence-electron chi connectivity index (χ4n) is 4.47. The standard InChI is InChI=1S/C20H28N2O3/c1-19(2,3)13-22-12-16(15-8-5-4-6-9-15)20(17(22)23)10-7-11-21(14-20)18(24)25/h4-6,8-9,16H,7,10-14H2,1-3H3,(H,24,25)/t16-,20-/m1/s1. The van der Waals surface area contributed by atoms with Gasteiger partial charge in [-0.05, 0) is 23.8 Å². The maximum atomic E-state index is 13.4. The number of rotatable bonds is 2. The van der Waals surface area contributed by atoms with Crippen LogP contribution in [0, 0.1) is 10.8 Å². The zero-order chi connectivity index (χ0) is 18.2. The van der Waals surface area contributed by atoms with Crippen LogP contribution in [0.3, 0.4) is 0 Å². The lowest BCUT2D eigenvalue weighted by Crippen LogP contribution is -2.51. The Labute approximate surface area is 149 Å². The topological polar surface area (TPSA) is 60.9 Å². The Morgan fingerprint density at radius 2 is 1.96 bits per heavy atom. The molecule has 25 heavy (non-hydrogen) atoms. The maximum Gasteiger partial charge on any atom is 0.407 e. The summed E-state index contributed by atoms with van der Waals surface area (Å²) in [4.78, 5) is 28.4. The highest BCUT2D eigenvalue weighted by molar-refractivity contribution is 5.87. The first-order valence-electron chi connectivity index (χ1n) is 9.05. The minimum atomic E-state index is -0.923. The van der Waals surface area contributed by atoms with Crippen molar-refractivity contribution >= 4 is 12.0 Å². The third-order valence-electron chi connectivity index (χ3n) is 5.44. The molecule has 3 rings (SSSR count). The molecule has 1 spiro atoms. The Hall–Kier alpha value is -2.04. The summed E-state index contributed by atoms with van der Waals surface area (Å²) in [5, 5.41) is 9.48. The Morgan fingerprint density at radius 1 is 1.28 bits per heavy atom. The number of hydrogen-bond donors (Lipinski definition) is 1. The molecule has 1 N–H and O–H groups in total. The molecule has 136 valence electrons. The zero-order valence-corrected chi connectivity index (χ0v) is 15.4. The van der Waals surface area contributed by atoms with Crippen molar-refractivity contribution in [1.29, 1.82) is 0 Å². The molecule has 2 atom stereocenters. The molecule has 2 aliphatic rings. The monoisotopic (exact) mass is 344 g/mol. The van der Waals surface area contributed by atoms with Crippen molar-refractivity contribution in [3.63, 3.8) is 0 Å². The lowest BCUT2D eigenvalue weighted by Gasteiger charge is -2.41. The number of benzene rings is 1. The van der Waals surface area contributed by atoms with Crippen molar-refractivity contribution in [2.75, 3.05) is 26.2 Å². The molecule has 2 saturated heterocycles. The van der Waals surface area contributed by atoms with Gasteiger partial charge in [-0.3, -0.25) is 4.79 Å². The van der Waals surface area contributed by atoms with Gasteiger partial charge in [-0.25, -0.2) is 4.79 Å². The number of hydrogen-bond acceptors (Lipinski definition) is 2. The fourth-order valence-corrected chi connectivity index (χ4v) is 4.47. The third-order valence-corrected chi connectivity index (χ3v) is 5.44. The van der Waals surface area contributed by atoms with E-state index in [1.54, 1.807) is 0 Å². The van der Waals surface area contributed by atoms with E-state index in [4.69, 9.17) is 0 Å². The normalized spacial score (nSPS) is 27.2. The second-order valence-electron chi connectivity index (χ2n) is 8.67. The third kappa shape index (κ3) is 3.37. The molecule has 0 radical (unpaired) electrons. The van der Waals surface area contributed by atoms with Gasteiger partial charge in [-0.15, -0.1) is 0 Å². The molecule has 5 nitrogen and oxygen atoms in total. The highest BCUT2D eigenvalue weighted by Crippen LogP contribution is 2.50. The Morgan fingerprint density at radius 3 is 2.56 bits per heavy atom. The molecule has 1 aromatic rings. The van der Waals surface area contributed by atoms with E-state index in [1.807, 2.05) is 23.1 Å². The van der Waals surface area contributed by atoms with E-state index in [0.29, 0.717) is 26.2 Å². The molecule has 2 amide bonds. The van der Waals surface area contributed by atoms with Gasteiger partial charge in [0.2, 0.25) is 5.91 Å². The molecule has 2 fully saturated rings. The van der Waals surface area contributed by atoms with Crippen LogP contribution in [0.15, 0.2) is 30.3 Å². The summed E-state index contributed by atoms with van der Waals surface area (Å²) in [6.45, 7) is 8.59. The molecular formula is C20H28N2O3. The summed E-state index contributed by atoms with van der Waals surface area (Å²) in [6.07, 6.45) is 0.577. The summed E-state index contributed by atoms with van der Waals surface area (Å²) >= 11 is 0. The van der Waals surface area contributed by atoms with E-state index in [0.717, 1.165) is 18.4 Å². The quantitative estimate of drug-likeness (QED) is 0.894. The van der Waals surface area contributed by atoms with Crippen LogP contribution in [0.25, 0.3) is 0 Å². The van der Waals surface area contributed by atoms with Crippen LogP contribution in [0.1, 0.15) is 45.1 Å². The fraction of sp³-hybridized carbons (Fsp3) is 0.600. The Kier molecular flexibility index (Phi) is 4.52. The van der Waals surface area contributed by atoms with Gasteiger partial charge < -0.3 is 14.9 Å². The molecule has 0 aromatic heterocycles. The van der Waals surface area contributed by atoms with E-state index in [1.165, 1.54) is 4.90 Å². The number of carbonyl (C=O) groups excluding carboxylic acids is 1. The average molecular weight is 344 g/mol. The molecule has 0 saturated carbocycles. The smallest absolute Gasteiger partial charge is 0.407 e. The van der Waals surface area contributed by atoms with Gasteiger partial charge in [0.25, 0.3) is 0 Å². The van der Waals surface area contributed by atoms with Crippen LogP contribution >= 0.6 is 0 Å². The minimum absolute atomic E-state index is 0.0174. The van der Waals surface area contributed by atoms with E-state index < -0.39 is 11.5 Å². The number of amides is 2. The lowest BCUT2D eigenvalue weighted by molar-refractivity contribution is -0.139.